The van der Waals surface area contributed by atoms with Gasteiger partial charge < -0.3 is 5.11 Å². The standard InChI is InChI=1S/C13H14O4S/c1-8-3-4-12-10(5-8)11(7-18(12,16)17)9(2)6-13(14)15/h3-5,7,9H,6H2,1-2H3,(H,14,15). The lowest BCUT2D eigenvalue weighted by molar-refractivity contribution is -0.137. The highest BCUT2D eigenvalue weighted by molar-refractivity contribution is 7.95. The number of aryl methyl sites for hydroxylation is 1. The molecule has 1 aromatic carbocycles. The number of benzene rings is 1. The first-order chi connectivity index (χ1) is 8.31. The fourth-order valence-electron chi connectivity index (χ4n) is 2.17. The molecular weight excluding hydrogens is 252 g/mol. The zero-order valence-electron chi connectivity index (χ0n) is 10.2. The van der Waals surface area contributed by atoms with Crippen molar-refractivity contribution in [1.29, 1.82) is 0 Å². The van der Waals surface area contributed by atoms with Crippen LogP contribution < -0.4 is 0 Å². The van der Waals surface area contributed by atoms with Crippen molar-refractivity contribution in [3.63, 3.8) is 0 Å². The molecule has 0 bridgehead atoms. The summed E-state index contributed by atoms with van der Waals surface area (Å²) >= 11 is 0. The minimum Gasteiger partial charge on any atom is -0.481 e. The zero-order valence-corrected chi connectivity index (χ0v) is 11.0. The van der Waals surface area contributed by atoms with Crippen molar-refractivity contribution in [2.75, 3.05) is 0 Å². The molecule has 0 radical (unpaired) electrons. The Morgan fingerprint density at radius 1 is 1.39 bits per heavy atom. The Balaban J connectivity index is 2.53. The first-order valence-corrected chi connectivity index (χ1v) is 7.15. The number of carbonyl (C=O) groups is 1. The van der Waals surface area contributed by atoms with Crippen LogP contribution in [0.15, 0.2) is 28.5 Å². The van der Waals surface area contributed by atoms with Crippen LogP contribution in [-0.4, -0.2) is 19.5 Å². The van der Waals surface area contributed by atoms with Crippen LogP contribution in [-0.2, 0) is 14.6 Å². The van der Waals surface area contributed by atoms with E-state index < -0.39 is 15.8 Å². The van der Waals surface area contributed by atoms with Gasteiger partial charge in [-0.15, -0.1) is 0 Å². The summed E-state index contributed by atoms with van der Waals surface area (Å²) < 4.78 is 23.9. The number of carboxylic acid groups (broad SMARTS) is 1. The SMILES string of the molecule is Cc1ccc2c(c1)C(C(C)CC(=O)O)=CS2(=O)=O. The smallest absolute Gasteiger partial charge is 0.303 e. The lowest BCUT2D eigenvalue weighted by Gasteiger charge is -2.11. The third-order valence-corrected chi connectivity index (χ3v) is 4.58. The van der Waals surface area contributed by atoms with Crippen LogP contribution in [0.2, 0.25) is 0 Å². The average Bonchev–Trinajstić information content (AvgIpc) is 2.49. The molecule has 1 aliphatic rings. The molecule has 0 spiro atoms. The predicted octanol–water partition coefficient (Wildman–Crippen LogP) is 2.23. The van der Waals surface area contributed by atoms with Gasteiger partial charge in [-0.05, 0) is 30.0 Å². The van der Waals surface area contributed by atoms with Gasteiger partial charge in [0, 0.05) is 5.41 Å². The molecule has 0 amide bonds. The van der Waals surface area contributed by atoms with Crippen molar-refractivity contribution in [3.8, 4) is 0 Å². The van der Waals surface area contributed by atoms with E-state index in [-0.39, 0.29) is 17.2 Å². The van der Waals surface area contributed by atoms with Crippen LogP contribution >= 0.6 is 0 Å². The maximum Gasteiger partial charge on any atom is 0.303 e. The second-order valence-corrected chi connectivity index (χ2v) is 6.38. The molecule has 0 fully saturated rings. The molecule has 0 aromatic heterocycles. The van der Waals surface area contributed by atoms with E-state index in [1.807, 2.05) is 6.92 Å². The summed E-state index contributed by atoms with van der Waals surface area (Å²) in [5.41, 5.74) is 2.19. The van der Waals surface area contributed by atoms with Crippen molar-refractivity contribution in [2.45, 2.75) is 25.2 Å². The number of fused-ring (bicyclic) bond motifs is 1. The van der Waals surface area contributed by atoms with Crippen LogP contribution in [0.1, 0.15) is 24.5 Å². The first-order valence-electron chi connectivity index (χ1n) is 5.61. The predicted molar refractivity (Wildman–Crippen MR) is 67.8 cm³/mol. The summed E-state index contributed by atoms with van der Waals surface area (Å²) in [5, 5.41) is 10.00. The van der Waals surface area contributed by atoms with Crippen LogP contribution in [0, 0.1) is 12.8 Å². The molecule has 1 atom stereocenters. The van der Waals surface area contributed by atoms with Gasteiger partial charge in [0.1, 0.15) is 0 Å². The maximum atomic E-state index is 11.9. The van der Waals surface area contributed by atoms with Crippen LogP contribution in [0.3, 0.4) is 0 Å². The molecule has 1 heterocycles. The van der Waals surface area contributed by atoms with Gasteiger partial charge in [-0.2, -0.15) is 0 Å². The average molecular weight is 266 g/mol. The molecule has 0 saturated carbocycles. The topological polar surface area (TPSA) is 71.4 Å². The molecule has 4 nitrogen and oxygen atoms in total. The van der Waals surface area contributed by atoms with Crippen molar-refractivity contribution in [1.82, 2.24) is 0 Å². The van der Waals surface area contributed by atoms with Gasteiger partial charge >= 0.3 is 5.97 Å². The number of carboxylic acids is 1. The van der Waals surface area contributed by atoms with Crippen LogP contribution in [0.4, 0.5) is 0 Å². The summed E-state index contributed by atoms with van der Waals surface area (Å²) in [5.74, 6) is -1.25. The van der Waals surface area contributed by atoms with Gasteiger partial charge in [-0.1, -0.05) is 24.6 Å². The largest absolute Gasteiger partial charge is 0.481 e. The van der Waals surface area contributed by atoms with E-state index in [4.69, 9.17) is 5.11 Å². The Labute approximate surface area is 106 Å². The van der Waals surface area contributed by atoms with Gasteiger partial charge in [0.25, 0.3) is 0 Å². The van der Waals surface area contributed by atoms with Crippen molar-refractivity contribution >= 4 is 21.4 Å². The summed E-state index contributed by atoms with van der Waals surface area (Å²) in [7, 11) is -3.41. The molecule has 1 unspecified atom stereocenters. The van der Waals surface area contributed by atoms with Crippen LogP contribution in [0.25, 0.3) is 5.57 Å². The monoisotopic (exact) mass is 266 g/mol. The molecule has 0 saturated heterocycles. The Kier molecular flexibility index (Phi) is 3.02. The third-order valence-electron chi connectivity index (χ3n) is 3.05. The highest BCUT2D eigenvalue weighted by atomic mass is 32.2. The number of rotatable bonds is 3. The van der Waals surface area contributed by atoms with Gasteiger partial charge in [-0.3, -0.25) is 4.79 Å². The molecule has 18 heavy (non-hydrogen) atoms. The summed E-state index contributed by atoms with van der Waals surface area (Å²) in [6.07, 6.45) is -0.0747. The lowest BCUT2D eigenvalue weighted by atomic mass is 9.92. The molecular formula is C13H14O4S. The molecule has 1 aliphatic heterocycles. The molecule has 2 rings (SSSR count). The second kappa shape index (κ2) is 4.24. The Morgan fingerprint density at radius 2 is 2.06 bits per heavy atom. The van der Waals surface area contributed by atoms with E-state index in [0.717, 1.165) is 5.56 Å². The highest BCUT2D eigenvalue weighted by Gasteiger charge is 2.30. The Morgan fingerprint density at radius 3 is 2.67 bits per heavy atom. The lowest BCUT2D eigenvalue weighted by Crippen LogP contribution is -2.05. The van der Waals surface area contributed by atoms with Gasteiger partial charge in [-0.25, -0.2) is 8.42 Å². The van der Waals surface area contributed by atoms with Gasteiger partial charge in [0.2, 0.25) is 9.84 Å². The molecule has 96 valence electrons. The highest BCUT2D eigenvalue weighted by Crippen LogP contribution is 2.39. The molecule has 1 N–H and O–H groups in total. The Bertz CT molecular complexity index is 641. The van der Waals surface area contributed by atoms with E-state index in [1.54, 1.807) is 25.1 Å². The third kappa shape index (κ3) is 2.18. The Hall–Kier alpha value is -1.62. The molecule has 0 aliphatic carbocycles. The van der Waals surface area contributed by atoms with Gasteiger partial charge in [0.15, 0.2) is 0 Å². The number of sulfone groups is 1. The summed E-state index contributed by atoms with van der Waals surface area (Å²) in [4.78, 5) is 11.0. The van der Waals surface area contributed by atoms with E-state index >= 15 is 0 Å². The minimum absolute atomic E-state index is 0.0747. The van der Waals surface area contributed by atoms with E-state index in [1.165, 1.54) is 5.41 Å². The maximum absolute atomic E-state index is 11.9. The first kappa shape index (κ1) is 12.8. The normalized spacial score (nSPS) is 18.0. The van der Waals surface area contributed by atoms with E-state index in [2.05, 4.69) is 0 Å². The number of allylic oxidation sites excluding steroid dienone is 1. The summed E-state index contributed by atoms with van der Waals surface area (Å²) in [6, 6.07) is 5.12. The van der Waals surface area contributed by atoms with Gasteiger partial charge in [0.05, 0.1) is 11.3 Å². The zero-order chi connectivity index (χ0) is 13.5. The number of hydrogen-bond acceptors (Lipinski definition) is 3. The fraction of sp³-hybridized carbons (Fsp3) is 0.308. The summed E-state index contributed by atoms with van der Waals surface area (Å²) in [6.45, 7) is 3.61. The minimum atomic E-state index is -3.41. The van der Waals surface area contributed by atoms with Crippen molar-refractivity contribution in [2.24, 2.45) is 5.92 Å². The van der Waals surface area contributed by atoms with Crippen LogP contribution in [0.5, 0.6) is 0 Å². The van der Waals surface area contributed by atoms with E-state index in [9.17, 15) is 13.2 Å². The number of hydrogen-bond donors (Lipinski definition) is 1. The molecule has 1 aromatic rings. The quantitative estimate of drug-likeness (QED) is 0.910. The van der Waals surface area contributed by atoms with Crippen molar-refractivity contribution in [3.05, 3.63) is 34.7 Å². The second-order valence-electron chi connectivity index (χ2n) is 4.62. The van der Waals surface area contributed by atoms with E-state index in [0.29, 0.717) is 11.1 Å². The fourth-order valence-corrected chi connectivity index (χ4v) is 3.73. The number of aliphatic carboxylic acids is 1. The van der Waals surface area contributed by atoms with Crippen molar-refractivity contribution < 1.29 is 18.3 Å². The molecule has 5 heteroatoms.